The van der Waals surface area contributed by atoms with Crippen LogP contribution < -0.4 is 16.2 Å². The van der Waals surface area contributed by atoms with Crippen molar-refractivity contribution in [3.8, 4) is 0 Å². The van der Waals surface area contributed by atoms with Crippen LogP contribution >= 0.6 is 15.9 Å². The molecule has 102 valence electrons. The number of benzene rings is 1. The second-order valence-electron chi connectivity index (χ2n) is 5.35. The molecule has 1 saturated carbocycles. The summed E-state index contributed by atoms with van der Waals surface area (Å²) in [6, 6.07) is 8.14. The first-order valence-electron chi connectivity index (χ1n) is 6.75. The van der Waals surface area contributed by atoms with Gasteiger partial charge in [0.05, 0.1) is 12.0 Å². The van der Waals surface area contributed by atoms with Crippen molar-refractivity contribution < 1.29 is 4.79 Å². The van der Waals surface area contributed by atoms with Crippen LogP contribution in [0, 0.1) is 11.8 Å². The minimum atomic E-state index is -0.0481. The maximum absolute atomic E-state index is 12.2. The van der Waals surface area contributed by atoms with Crippen LogP contribution in [0.5, 0.6) is 0 Å². The van der Waals surface area contributed by atoms with Gasteiger partial charge in [0, 0.05) is 17.6 Å². The Bertz CT molecular complexity index is 476. The summed E-state index contributed by atoms with van der Waals surface area (Å²) in [5.41, 5.74) is 7.43. The molecule has 4 nitrogen and oxygen atoms in total. The van der Waals surface area contributed by atoms with Gasteiger partial charge in [0.2, 0.25) is 5.91 Å². The third-order valence-electron chi connectivity index (χ3n) is 3.79. The Labute approximate surface area is 121 Å². The monoisotopic (exact) mass is 323 g/mol. The first-order valence-corrected chi connectivity index (χ1v) is 7.55. The van der Waals surface area contributed by atoms with Crippen LogP contribution in [0.25, 0.3) is 0 Å². The van der Waals surface area contributed by atoms with E-state index >= 15 is 0 Å². The van der Waals surface area contributed by atoms with Crippen molar-refractivity contribution in [2.75, 3.05) is 13.1 Å². The molecular formula is C14H18BrN3O. The highest BCUT2D eigenvalue weighted by molar-refractivity contribution is 9.10. The molecule has 0 aromatic heterocycles. The van der Waals surface area contributed by atoms with Crippen LogP contribution in [-0.2, 0) is 4.79 Å². The summed E-state index contributed by atoms with van der Waals surface area (Å²) in [7, 11) is 0. The van der Waals surface area contributed by atoms with Gasteiger partial charge in [-0.05, 0) is 36.5 Å². The lowest BCUT2D eigenvalue weighted by molar-refractivity contribution is -0.125. The van der Waals surface area contributed by atoms with Crippen molar-refractivity contribution in [2.24, 2.45) is 11.8 Å². The van der Waals surface area contributed by atoms with Gasteiger partial charge in [-0.25, -0.2) is 5.43 Å². The molecule has 1 aliphatic heterocycles. The molecule has 2 aliphatic rings. The molecule has 1 saturated heterocycles. The van der Waals surface area contributed by atoms with Crippen LogP contribution in [0.15, 0.2) is 28.7 Å². The molecule has 0 radical (unpaired) electrons. The van der Waals surface area contributed by atoms with Gasteiger partial charge in [-0.1, -0.05) is 28.1 Å². The Morgan fingerprint density at radius 1 is 1.42 bits per heavy atom. The Kier molecular flexibility index (Phi) is 3.86. The third-order valence-corrected chi connectivity index (χ3v) is 4.28. The normalized spacial score (nSPS) is 26.4. The maximum atomic E-state index is 12.2. The molecule has 1 amide bonds. The topological polar surface area (TPSA) is 53.2 Å². The summed E-state index contributed by atoms with van der Waals surface area (Å²) in [5.74, 6) is 0.818. The van der Waals surface area contributed by atoms with E-state index in [1.54, 1.807) is 0 Å². The van der Waals surface area contributed by atoms with E-state index in [2.05, 4.69) is 44.2 Å². The molecular weight excluding hydrogens is 306 g/mol. The summed E-state index contributed by atoms with van der Waals surface area (Å²) < 4.78 is 1.04. The van der Waals surface area contributed by atoms with Crippen molar-refractivity contribution >= 4 is 21.8 Å². The summed E-state index contributed by atoms with van der Waals surface area (Å²) in [4.78, 5) is 12.2. The average molecular weight is 324 g/mol. The number of hydrogen-bond donors (Lipinski definition) is 3. The third kappa shape index (κ3) is 3.16. The number of hydrazine groups is 1. The zero-order valence-corrected chi connectivity index (χ0v) is 12.2. The molecule has 3 N–H and O–H groups in total. The minimum Gasteiger partial charge on any atom is -0.355 e. The van der Waals surface area contributed by atoms with Gasteiger partial charge in [-0.15, -0.1) is 0 Å². The highest BCUT2D eigenvalue weighted by Gasteiger charge is 2.34. The quantitative estimate of drug-likeness (QED) is 0.791. The predicted molar refractivity (Wildman–Crippen MR) is 77.2 cm³/mol. The first-order chi connectivity index (χ1) is 9.24. The second kappa shape index (κ2) is 5.61. The molecule has 1 aliphatic carbocycles. The number of hydrogen-bond acceptors (Lipinski definition) is 3. The van der Waals surface area contributed by atoms with Gasteiger partial charge in [0.1, 0.15) is 0 Å². The summed E-state index contributed by atoms with van der Waals surface area (Å²) in [5, 5.41) is 3.07. The SMILES string of the molecule is O=C(NCC1CC1)C1CNNC1c1cccc(Br)c1. The van der Waals surface area contributed by atoms with Crippen molar-refractivity contribution in [1.82, 2.24) is 16.2 Å². The minimum absolute atomic E-state index is 0.0386. The van der Waals surface area contributed by atoms with Gasteiger partial charge in [0.25, 0.3) is 0 Å². The Hall–Kier alpha value is -0.910. The van der Waals surface area contributed by atoms with E-state index in [1.807, 2.05) is 12.1 Å². The standard InChI is InChI=1S/C14H18BrN3O/c15-11-3-1-2-10(6-11)13-12(8-17-18-13)14(19)16-7-9-4-5-9/h1-3,6,9,12-13,17-18H,4-5,7-8H2,(H,16,19). The molecule has 0 bridgehead atoms. The van der Waals surface area contributed by atoms with Crippen LogP contribution in [0.2, 0.25) is 0 Å². The van der Waals surface area contributed by atoms with E-state index in [4.69, 9.17) is 0 Å². The fraction of sp³-hybridized carbons (Fsp3) is 0.500. The molecule has 19 heavy (non-hydrogen) atoms. The maximum Gasteiger partial charge on any atom is 0.226 e. The van der Waals surface area contributed by atoms with E-state index < -0.39 is 0 Å². The highest BCUT2D eigenvalue weighted by atomic mass is 79.9. The Morgan fingerprint density at radius 3 is 3.00 bits per heavy atom. The molecule has 5 heteroatoms. The summed E-state index contributed by atoms with van der Waals surface area (Å²) in [6.07, 6.45) is 2.52. The molecule has 2 atom stereocenters. The zero-order chi connectivity index (χ0) is 13.2. The summed E-state index contributed by atoms with van der Waals surface area (Å²) >= 11 is 3.48. The smallest absolute Gasteiger partial charge is 0.226 e. The van der Waals surface area contributed by atoms with Crippen LogP contribution in [-0.4, -0.2) is 19.0 Å². The number of nitrogens with one attached hydrogen (secondary N) is 3. The average Bonchev–Trinajstić information content (AvgIpc) is 3.10. The van der Waals surface area contributed by atoms with Crippen LogP contribution in [0.3, 0.4) is 0 Å². The van der Waals surface area contributed by atoms with Crippen molar-refractivity contribution in [1.29, 1.82) is 0 Å². The second-order valence-corrected chi connectivity index (χ2v) is 6.27. The zero-order valence-electron chi connectivity index (χ0n) is 10.7. The van der Waals surface area contributed by atoms with E-state index in [9.17, 15) is 4.79 Å². The van der Waals surface area contributed by atoms with Gasteiger partial charge in [-0.2, -0.15) is 0 Å². The van der Waals surface area contributed by atoms with E-state index in [-0.39, 0.29) is 17.9 Å². The molecule has 2 unspecified atom stereocenters. The number of rotatable bonds is 4. The molecule has 1 aromatic rings. The molecule has 3 rings (SSSR count). The number of amides is 1. The number of halogens is 1. The summed E-state index contributed by atoms with van der Waals surface area (Å²) in [6.45, 7) is 1.51. The molecule has 0 spiro atoms. The molecule has 1 heterocycles. The van der Waals surface area contributed by atoms with Crippen molar-refractivity contribution in [2.45, 2.75) is 18.9 Å². The largest absolute Gasteiger partial charge is 0.355 e. The van der Waals surface area contributed by atoms with E-state index in [0.29, 0.717) is 6.54 Å². The molecule has 1 aromatic carbocycles. The number of carbonyl (C=O) groups is 1. The first kappa shape index (κ1) is 13.1. The Morgan fingerprint density at radius 2 is 2.26 bits per heavy atom. The van der Waals surface area contributed by atoms with Crippen molar-refractivity contribution in [3.05, 3.63) is 34.3 Å². The lowest BCUT2D eigenvalue weighted by atomic mass is 9.94. The fourth-order valence-electron chi connectivity index (χ4n) is 2.46. The van der Waals surface area contributed by atoms with E-state index in [0.717, 1.165) is 22.5 Å². The lowest BCUT2D eigenvalue weighted by Gasteiger charge is -2.18. The van der Waals surface area contributed by atoms with Crippen LogP contribution in [0.4, 0.5) is 0 Å². The van der Waals surface area contributed by atoms with Crippen molar-refractivity contribution in [3.63, 3.8) is 0 Å². The Balaban J connectivity index is 1.67. The molecule has 2 fully saturated rings. The van der Waals surface area contributed by atoms with Gasteiger partial charge in [-0.3, -0.25) is 10.2 Å². The van der Waals surface area contributed by atoms with Crippen LogP contribution in [0.1, 0.15) is 24.4 Å². The van der Waals surface area contributed by atoms with Gasteiger partial charge >= 0.3 is 0 Å². The highest BCUT2D eigenvalue weighted by Crippen LogP contribution is 2.29. The predicted octanol–water partition coefficient (Wildman–Crippen LogP) is 1.74. The fourth-order valence-corrected chi connectivity index (χ4v) is 2.87. The van der Waals surface area contributed by atoms with E-state index in [1.165, 1.54) is 12.8 Å². The van der Waals surface area contributed by atoms with Gasteiger partial charge < -0.3 is 5.32 Å². The number of carbonyl (C=O) groups excluding carboxylic acids is 1. The lowest BCUT2D eigenvalue weighted by Crippen LogP contribution is -2.36. The van der Waals surface area contributed by atoms with Gasteiger partial charge in [0.15, 0.2) is 0 Å².